The molecule has 1 aromatic heterocycles. The summed E-state index contributed by atoms with van der Waals surface area (Å²) >= 11 is 3.43. The van der Waals surface area contributed by atoms with Gasteiger partial charge in [0.2, 0.25) is 11.7 Å². The van der Waals surface area contributed by atoms with Gasteiger partial charge in [-0.3, -0.25) is 0 Å². The molecule has 4 rings (SSSR count). The van der Waals surface area contributed by atoms with Crippen LogP contribution in [0.15, 0.2) is 33.3 Å². The second kappa shape index (κ2) is 4.67. The highest BCUT2D eigenvalue weighted by molar-refractivity contribution is 9.10. The quantitative estimate of drug-likeness (QED) is 0.915. The summed E-state index contributed by atoms with van der Waals surface area (Å²) in [5.41, 5.74) is 7.30. The summed E-state index contributed by atoms with van der Waals surface area (Å²) in [5.74, 6) is 2.91. The fourth-order valence-electron chi connectivity index (χ4n) is 3.79. The Kier molecular flexibility index (Phi) is 2.93. The van der Waals surface area contributed by atoms with E-state index in [1.165, 1.54) is 19.3 Å². The van der Waals surface area contributed by atoms with Crippen LogP contribution in [0, 0.1) is 11.8 Å². The molecule has 2 saturated carbocycles. The molecule has 1 heterocycles. The molecular formula is C15H16BrN3O. The van der Waals surface area contributed by atoms with E-state index in [1.807, 2.05) is 24.3 Å². The van der Waals surface area contributed by atoms with Gasteiger partial charge in [0, 0.05) is 16.1 Å². The number of fused-ring (bicyclic) bond motifs is 2. The molecule has 0 radical (unpaired) electrons. The van der Waals surface area contributed by atoms with Crippen LogP contribution in [0.25, 0.3) is 11.4 Å². The first-order valence-electron chi connectivity index (χ1n) is 7.07. The zero-order valence-corrected chi connectivity index (χ0v) is 12.6. The van der Waals surface area contributed by atoms with Gasteiger partial charge in [-0.2, -0.15) is 4.98 Å². The number of nitrogens with two attached hydrogens (primary N) is 1. The molecule has 2 aliphatic carbocycles. The molecule has 4 unspecified atom stereocenters. The van der Waals surface area contributed by atoms with Crippen molar-refractivity contribution < 1.29 is 4.52 Å². The van der Waals surface area contributed by atoms with Crippen molar-refractivity contribution >= 4 is 15.9 Å². The molecule has 5 heteroatoms. The van der Waals surface area contributed by atoms with Gasteiger partial charge < -0.3 is 10.3 Å². The van der Waals surface area contributed by atoms with Crippen LogP contribution in [0.4, 0.5) is 0 Å². The lowest BCUT2D eigenvalue weighted by Gasteiger charge is -2.24. The zero-order chi connectivity index (χ0) is 13.7. The third-order valence-corrected chi connectivity index (χ3v) is 5.34. The van der Waals surface area contributed by atoms with Crippen molar-refractivity contribution in [3.63, 3.8) is 0 Å². The van der Waals surface area contributed by atoms with E-state index >= 15 is 0 Å². The van der Waals surface area contributed by atoms with Crippen LogP contribution in [0.3, 0.4) is 0 Å². The number of hydrogen-bond acceptors (Lipinski definition) is 4. The fraction of sp³-hybridized carbons (Fsp3) is 0.467. The minimum atomic E-state index is 0.187. The normalized spacial score (nSPS) is 31.9. The van der Waals surface area contributed by atoms with Gasteiger partial charge in [0.15, 0.2) is 0 Å². The highest BCUT2D eigenvalue weighted by Crippen LogP contribution is 2.51. The highest BCUT2D eigenvalue weighted by atomic mass is 79.9. The van der Waals surface area contributed by atoms with E-state index < -0.39 is 0 Å². The lowest BCUT2D eigenvalue weighted by atomic mass is 9.85. The maximum absolute atomic E-state index is 6.33. The van der Waals surface area contributed by atoms with Crippen LogP contribution in [0.5, 0.6) is 0 Å². The molecule has 1 aromatic carbocycles. The Morgan fingerprint density at radius 2 is 1.90 bits per heavy atom. The second-order valence-corrected chi connectivity index (χ2v) is 6.82. The predicted molar refractivity (Wildman–Crippen MR) is 79.0 cm³/mol. The number of nitrogens with zero attached hydrogens (tertiary/aromatic N) is 2. The van der Waals surface area contributed by atoms with E-state index in [-0.39, 0.29) is 12.0 Å². The number of halogens is 1. The molecular weight excluding hydrogens is 318 g/mol. The zero-order valence-electron chi connectivity index (χ0n) is 11.0. The number of aromatic nitrogens is 2. The van der Waals surface area contributed by atoms with Gasteiger partial charge in [-0.1, -0.05) is 21.1 Å². The second-order valence-electron chi connectivity index (χ2n) is 5.90. The number of hydrogen-bond donors (Lipinski definition) is 1. The molecule has 2 aromatic rings. The van der Waals surface area contributed by atoms with Crippen molar-refractivity contribution in [3.05, 3.63) is 34.6 Å². The maximum Gasteiger partial charge on any atom is 0.231 e. The lowest BCUT2D eigenvalue weighted by Crippen LogP contribution is -2.34. The van der Waals surface area contributed by atoms with Gasteiger partial charge in [-0.25, -0.2) is 0 Å². The molecule has 2 fully saturated rings. The molecule has 4 atom stereocenters. The van der Waals surface area contributed by atoms with Crippen LogP contribution in [0.2, 0.25) is 0 Å². The molecule has 20 heavy (non-hydrogen) atoms. The summed E-state index contributed by atoms with van der Waals surface area (Å²) in [7, 11) is 0. The predicted octanol–water partition coefficient (Wildman–Crippen LogP) is 3.34. The van der Waals surface area contributed by atoms with Crippen molar-refractivity contribution in [1.29, 1.82) is 0 Å². The Morgan fingerprint density at radius 1 is 1.15 bits per heavy atom. The topological polar surface area (TPSA) is 64.9 Å². The van der Waals surface area contributed by atoms with Gasteiger partial charge in [-0.15, -0.1) is 0 Å². The minimum Gasteiger partial charge on any atom is -0.339 e. The van der Waals surface area contributed by atoms with E-state index in [4.69, 9.17) is 10.3 Å². The average molecular weight is 334 g/mol. The summed E-state index contributed by atoms with van der Waals surface area (Å²) in [6.07, 6.45) is 3.73. The number of benzene rings is 1. The standard InChI is InChI=1S/C15H16BrN3O/c16-11-5-3-8(4-6-11)14-18-15(20-19-14)12-9-1-2-10(7-9)13(12)17/h3-6,9-10,12-13H,1-2,7,17H2. The monoisotopic (exact) mass is 333 g/mol. The van der Waals surface area contributed by atoms with E-state index in [0.717, 1.165) is 15.9 Å². The Morgan fingerprint density at radius 3 is 2.60 bits per heavy atom. The van der Waals surface area contributed by atoms with E-state index in [1.54, 1.807) is 0 Å². The Bertz CT molecular complexity index is 622. The summed E-state index contributed by atoms with van der Waals surface area (Å²) < 4.78 is 6.55. The molecule has 0 saturated heterocycles. The molecule has 4 nitrogen and oxygen atoms in total. The maximum atomic E-state index is 6.33. The minimum absolute atomic E-state index is 0.187. The van der Waals surface area contributed by atoms with Crippen molar-refractivity contribution in [2.24, 2.45) is 17.6 Å². The largest absolute Gasteiger partial charge is 0.339 e. The molecule has 2 N–H and O–H groups in total. The van der Waals surface area contributed by atoms with Crippen LogP contribution >= 0.6 is 15.9 Å². The molecule has 104 valence electrons. The summed E-state index contributed by atoms with van der Waals surface area (Å²) in [6.45, 7) is 0. The van der Waals surface area contributed by atoms with Crippen molar-refractivity contribution in [2.75, 3.05) is 0 Å². The fourth-order valence-corrected chi connectivity index (χ4v) is 4.05. The third-order valence-electron chi connectivity index (χ3n) is 4.81. The van der Waals surface area contributed by atoms with Gasteiger partial charge in [0.1, 0.15) is 0 Å². The highest BCUT2D eigenvalue weighted by Gasteiger charge is 2.48. The lowest BCUT2D eigenvalue weighted by molar-refractivity contribution is 0.279. The average Bonchev–Trinajstić information content (AvgIpc) is 3.14. The first-order valence-corrected chi connectivity index (χ1v) is 7.87. The Balaban J connectivity index is 1.64. The summed E-state index contributed by atoms with van der Waals surface area (Å²) in [5, 5.41) is 4.12. The van der Waals surface area contributed by atoms with Crippen molar-refractivity contribution in [1.82, 2.24) is 10.1 Å². The van der Waals surface area contributed by atoms with Gasteiger partial charge in [-0.05, 0) is 55.4 Å². The Hall–Kier alpha value is -1.20. The summed E-state index contributed by atoms with van der Waals surface area (Å²) in [4.78, 5) is 4.59. The summed E-state index contributed by atoms with van der Waals surface area (Å²) in [6, 6.07) is 8.12. The SMILES string of the molecule is NC1C2CCC(C2)C1c1nc(-c2ccc(Br)cc2)no1. The van der Waals surface area contributed by atoms with E-state index in [9.17, 15) is 0 Å². The first kappa shape index (κ1) is 12.5. The van der Waals surface area contributed by atoms with Gasteiger partial charge in [0.05, 0.1) is 5.92 Å². The third kappa shape index (κ3) is 1.91. The van der Waals surface area contributed by atoms with Crippen molar-refractivity contribution in [2.45, 2.75) is 31.2 Å². The first-order chi connectivity index (χ1) is 9.72. The smallest absolute Gasteiger partial charge is 0.231 e. The van der Waals surface area contributed by atoms with Crippen molar-refractivity contribution in [3.8, 4) is 11.4 Å². The van der Waals surface area contributed by atoms with E-state index in [0.29, 0.717) is 17.7 Å². The van der Waals surface area contributed by atoms with Crippen LogP contribution < -0.4 is 5.73 Å². The molecule has 2 aliphatic rings. The van der Waals surface area contributed by atoms with Crippen LogP contribution in [-0.2, 0) is 0 Å². The Labute approximate surface area is 125 Å². The van der Waals surface area contributed by atoms with Crippen LogP contribution in [-0.4, -0.2) is 16.2 Å². The molecule has 0 spiro atoms. The number of rotatable bonds is 2. The van der Waals surface area contributed by atoms with Crippen LogP contribution in [0.1, 0.15) is 31.1 Å². The molecule has 0 aliphatic heterocycles. The van der Waals surface area contributed by atoms with Gasteiger partial charge in [0.25, 0.3) is 0 Å². The van der Waals surface area contributed by atoms with E-state index in [2.05, 4.69) is 26.1 Å². The van der Waals surface area contributed by atoms with Gasteiger partial charge >= 0.3 is 0 Å². The molecule has 2 bridgehead atoms. The molecule has 0 amide bonds.